The van der Waals surface area contributed by atoms with Crippen molar-refractivity contribution in [2.75, 3.05) is 6.61 Å². The van der Waals surface area contributed by atoms with Gasteiger partial charge in [0.25, 0.3) is 0 Å². The molecule has 0 N–H and O–H groups in total. The normalized spacial score (nSPS) is 18.2. The van der Waals surface area contributed by atoms with Crippen LogP contribution < -0.4 is 4.74 Å². The van der Waals surface area contributed by atoms with Crippen molar-refractivity contribution in [3.05, 3.63) is 101 Å². The zero-order valence-electron chi connectivity index (χ0n) is 18.9. The van der Waals surface area contributed by atoms with Gasteiger partial charge in [-0.1, -0.05) is 54.1 Å². The fourth-order valence-electron chi connectivity index (χ4n) is 4.74. The average Bonchev–Trinajstić information content (AvgIpc) is 2.82. The zero-order valence-corrected chi connectivity index (χ0v) is 18.9. The Labute approximate surface area is 193 Å². The van der Waals surface area contributed by atoms with Gasteiger partial charge in [-0.3, -0.25) is 0 Å². The number of aryl methyl sites for hydroxylation is 1. The molecule has 1 aliphatic rings. The van der Waals surface area contributed by atoms with E-state index in [2.05, 4.69) is 6.58 Å². The molecule has 33 heavy (non-hydrogen) atoms. The maximum atomic E-state index is 15.0. The number of hydrogen-bond donors (Lipinski definition) is 0. The lowest BCUT2D eigenvalue weighted by molar-refractivity contribution is 0.322. The fraction of sp³-hybridized carbons (Fsp3) is 0.310. The summed E-state index contributed by atoms with van der Waals surface area (Å²) < 4.78 is 50.1. The van der Waals surface area contributed by atoms with E-state index in [1.807, 2.05) is 31.2 Å². The summed E-state index contributed by atoms with van der Waals surface area (Å²) in [5.74, 6) is -1.30. The molecule has 0 bridgehead atoms. The highest BCUT2D eigenvalue weighted by Crippen LogP contribution is 2.43. The molecule has 1 nitrogen and oxygen atoms in total. The van der Waals surface area contributed by atoms with Gasteiger partial charge in [-0.05, 0) is 73.6 Å². The monoisotopic (exact) mass is 450 g/mol. The molecule has 3 aromatic carbocycles. The number of benzene rings is 3. The van der Waals surface area contributed by atoms with Gasteiger partial charge in [0.05, 0.1) is 6.61 Å². The van der Waals surface area contributed by atoms with Gasteiger partial charge < -0.3 is 4.74 Å². The van der Waals surface area contributed by atoms with Crippen LogP contribution in [0.4, 0.5) is 13.2 Å². The lowest BCUT2D eigenvalue weighted by Crippen LogP contribution is -2.15. The molecule has 0 heterocycles. The Hall–Kier alpha value is -3.01. The maximum absolute atomic E-state index is 15.0. The molecule has 0 aromatic heterocycles. The van der Waals surface area contributed by atoms with Crippen LogP contribution in [-0.2, 0) is 0 Å². The van der Waals surface area contributed by atoms with Crippen LogP contribution in [0.5, 0.6) is 5.75 Å². The minimum atomic E-state index is -0.795. The van der Waals surface area contributed by atoms with Crippen molar-refractivity contribution < 1.29 is 17.9 Å². The second-order valence-electron chi connectivity index (χ2n) is 8.85. The SMILES string of the molecule is C=CCCOc1ccc(C2CCC(c3ccc(-c4ccc(C)cc4)c(F)c3F)CC2)c(F)c1. The van der Waals surface area contributed by atoms with Gasteiger partial charge in [0, 0.05) is 11.6 Å². The summed E-state index contributed by atoms with van der Waals surface area (Å²) >= 11 is 0. The van der Waals surface area contributed by atoms with Gasteiger partial charge in [-0.2, -0.15) is 0 Å². The van der Waals surface area contributed by atoms with Crippen LogP contribution in [0.25, 0.3) is 11.1 Å². The van der Waals surface area contributed by atoms with E-state index >= 15 is 4.39 Å². The van der Waals surface area contributed by atoms with Crippen LogP contribution in [-0.4, -0.2) is 6.61 Å². The van der Waals surface area contributed by atoms with E-state index in [-0.39, 0.29) is 23.2 Å². The second-order valence-corrected chi connectivity index (χ2v) is 8.85. The summed E-state index contributed by atoms with van der Waals surface area (Å²) in [5, 5.41) is 0. The lowest BCUT2D eigenvalue weighted by atomic mass is 9.75. The number of hydrogen-bond acceptors (Lipinski definition) is 1. The molecular formula is C29H29F3O. The third-order valence-electron chi connectivity index (χ3n) is 6.64. The van der Waals surface area contributed by atoms with Gasteiger partial charge in [0.2, 0.25) is 0 Å². The van der Waals surface area contributed by atoms with E-state index in [0.29, 0.717) is 48.3 Å². The molecule has 172 valence electrons. The first-order chi connectivity index (χ1) is 16.0. The standard InChI is InChI=1S/C29H29F3O/c1-3-4-17-33-23-13-14-24(27(30)18-23)20-9-11-22(12-10-20)26-16-15-25(28(31)29(26)32)21-7-5-19(2)6-8-21/h3,5-8,13-16,18,20,22H,1,4,9-12,17H2,2H3. The van der Waals surface area contributed by atoms with Crippen molar-refractivity contribution in [1.82, 2.24) is 0 Å². The Morgan fingerprint density at radius 2 is 1.48 bits per heavy atom. The Kier molecular flexibility index (Phi) is 7.22. The second kappa shape index (κ2) is 10.3. The molecule has 0 spiro atoms. The van der Waals surface area contributed by atoms with Crippen LogP contribution in [0.2, 0.25) is 0 Å². The first-order valence-corrected chi connectivity index (χ1v) is 11.6. The van der Waals surface area contributed by atoms with E-state index in [1.165, 1.54) is 6.07 Å². The van der Waals surface area contributed by atoms with Crippen molar-refractivity contribution in [3.63, 3.8) is 0 Å². The van der Waals surface area contributed by atoms with E-state index in [4.69, 9.17) is 4.74 Å². The molecule has 0 unspecified atom stereocenters. The van der Waals surface area contributed by atoms with Crippen LogP contribution >= 0.6 is 0 Å². The Bertz CT molecular complexity index is 1110. The van der Waals surface area contributed by atoms with E-state index in [0.717, 1.165) is 18.4 Å². The van der Waals surface area contributed by atoms with Gasteiger partial charge >= 0.3 is 0 Å². The van der Waals surface area contributed by atoms with Crippen LogP contribution in [0.1, 0.15) is 60.6 Å². The first-order valence-electron chi connectivity index (χ1n) is 11.6. The van der Waals surface area contributed by atoms with Crippen molar-refractivity contribution in [2.45, 2.75) is 50.9 Å². The summed E-state index contributed by atoms with van der Waals surface area (Å²) in [6, 6.07) is 15.8. The molecule has 3 aromatic rings. The lowest BCUT2D eigenvalue weighted by Gasteiger charge is -2.30. The van der Waals surface area contributed by atoms with Crippen molar-refractivity contribution >= 4 is 0 Å². The van der Waals surface area contributed by atoms with Crippen molar-refractivity contribution in [1.29, 1.82) is 0 Å². The zero-order chi connectivity index (χ0) is 23.4. The smallest absolute Gasteiger partial charge is 0.166 e. The van der Waals surface area contributed by atoms with E-state index in [1.54, 1.807) is 30.3 Å². The summed E-state index contributed by atoms with van der Waals surface area (Å²) in [7, 11) is 0. The average molecular weight is 451 g/mol. The van der Waals surface area contributed by atoms with Crippen LogP contribution in [0, 0.1) is 24.4 Å². The first kappa shape index (κ1) is 23.2. The molecule has 4 heteroatoms. The molecule has 1 aliphatic carbocycles. The largest absolute Gasteiger partial charge is 0.493 e. The van der Waals surface area contributed by atoms with Crippen molar-refractivity contribution in [2.24, 2.45) is 0 Å². The Morgan fingerprint density at radius 3 is 2.12 bits per heavy atom. The molecule has 1 saturated carbocycles. The van der Waals surface area contributed by atoms with Crippen LogP contribution in [0.15, 0.2) is 67.3 Å². The summed E-state index contributed by atoms with van der Waals surface area (Å²) in [6.07, 6.45) is 5.33. The third-order valence-corrected chi connectivity index (χ3v) is 6.64. The molecule has 1 fully saturated rings. The number of rotatable bonds is 7. The molecule has 0 saturated heterocycles. The van der Waals surface area contributed by atoms with Crippen LogP contribution in [0.3, 0.4) is 0 Å². The Morgan fingerprint density at radius 1 is 0.848 bits per heavy atom. The van der Waals surface area contributed by atoms with Gasteiger partial charge in [0.1, 0.15) is 11.6 Å². The minimum Gasteiger partial charge on any atom is -0.493 e. The molecular weight excluding hydrogens is 421 g/mol. The van der Waals surface area contributed by atoms with Gasteiger partial charge in [-0.25, -0.2) is 13.2 Å². The fourth-order valence-corrected chi connectivity index (χ4v) is 4.74. The molecule has 0 aliphatic heterocycles. The summed E-state index contributed by atoms with van der Waals surface area (Å²) in [4.78, 5) is 0. The highest BCUT2D eigenvalue weighted by molar-refractivity contribution is 5.65. The third kappa shape index (κ3) is 5.16. The van der Waals surface area contributed by atoms with E-state index < -0.39 is 11.6 Å². The minimum absolute atomic E-state index is 0.0626. The van der Waals surface area contributed by atoms with Gasteiger partial charge in [0.15, 0.2) is 11.6 Å². The molecule has 0 radical (unpaired) electrons. The quantitative estimate of drug-likeness (QED) is 0.259. The Balaban J connectivity index is 1.44. The topological polar surface area (TPSA) is 9.23 Å². The summed E-state index contributed by atoms with van der Waals surface area (Å²) in [5.41, 5.74) is 3.11. The predicted molar refractivity (Wildman–Crippen MR) is 127 cm³/mol. The summed E-state index contributed by atoms with van der Waals surface area (Å²) in [6.45, 7) is 6.07. The predicted octanol–water partition coefficient (Wildman–Crippen LogP) is 8.48. The van der Waals surface area contributed by atoms with Crippen molar-refractivity contribution in [3.8, 4) is 16.9 Å². The highest BCUT2D eigenvalue weighted by Gasteiger charge is 2.28. The number of halogens is 3. The molecule has 4 rings (SSSR count). The number of ether oxygens (including phenoxy) is 1. The maximum Gasteiger partial charge on any atom is 0.166 e. The molecule has 0 amide bonds. The highest BCUT2D eigenvalue weighted by atomic mass is 19.2. The molecule has 0 atom stereocenters. The van der Waals surface area contributed by atoms with E-state index in [9.17, 15) is 8.78 Å². The van der Waals surface area contributed by atoms with Gasteiger partial charge in [-0.15, -0.1) is 6.58 Å².